The van der Waals surface area contributed by atoms with Crippen LogP contribution in [-0.4, -0.2) is 5.78 Å². The molecule has 0 bridgehead atoms. The van der Waals surface area contributed by atoms with Crippen LogP contribution in [0.2, 0.25) is 0 Å². The lowest BCUT2D eigenvalue weighted by Gasteiger charge is -2.31. The molecule has 0 saturated heterocycles. The van der Waals surface area contributed by atoms with Crippen molar-refractivity contribution in [3.63, 3.8) is 0 Å². The maximum absolute atomic E-state index is 11.9. The summed E-state index contributed by atoms with van der Waals surface area (Å²) in [6.07, 6.45) is 7.89. The Hall–Kier alpha value is -1.11. The minimum Gasteiger partial charge on any atom is -0.299 e. The van der Waals surface area contributed by atoms with Crippen molar-refractivity contribution in [2.24, 2.45) is 5.41 Å². The molecule has 16 heavy (non-hydrogen) atoms. The summed E-state index contributed by atoms with van der Waals surface area (Å²) in [4.78, 5) is 11.9. The molecular formula is C15H22O. The van der Waals surface area contributed by atoms with Gasteiger partial charge in [-0.25, -0.2) is 0 Å². The summed E-state index contributed by atoms with van der Waals surface area (Å²) in [6.45, 7) is 10.3. The quantitative estimate of drug-likeness (QED) is 0.634. The average molecular weight is 218 g/mol. The molecule has 1 aliphatic carbocycles. The Bertz CT molecular complexity index is 378. The van der Waals surface area contributed by atoms with E-state index in [4.69, 9.17) is 0 Å². The fourth-order valence-electron chi connectivity index (χ4n) is 2.09. The smallest absolute Gasteiger partial charge is 0.143 e. The predicted molar refractivity (Wildman–Crippen MR) is 69.3 cm³/mol. The highest BCUT2D eigenvalue weighted by Gasteiger charge is 2.34. The number of rotatable bonds is 2. The molecular weight excluding hydrogens is 196 g/mol. The second-order valence-corrected chi connectivity index (χ2v) is 5.11. The molecule has 0 fully saturated rings. The van der Waals surface area contributed by atoms with Gasteiger partial charge < -0.3 is 0 Å². The Morgan fingerprint density at radius 1 is 1.31 bits per heavy atom. The van der Waals surface area contributed by atoms with Crippen LogP contribution in [0.4, 0.5) is 0 Å². The molecule has 1 rings (SSSR count). The highest BCUT2D eigenvalue weighted by molar-refractivity contribution is 5.89. The van der Waals surface area contributed by atoms with Crippen molar-refractivity contribution in [2.75, 3.05) is 0 Å². The van der Waals surface area contributed by atoms with Gasteiger partial charge in [-0.05, 0) is 46.6 Å². The topological polar surface area (TPSA) is 17.1 Å². The van der Waals surface area contributed by atoms with E-state index >= 15 is 0 Å². The zero-order valence-electron chi connectivity index (χ0n) is 11.1. The Morgan fingerprint density at radius 3 is 2.50 bits per heavy atom. The predicted octanol–water partition coefficient (Wildman–Crippen LogP) is 4.21. The van der Waals surface area contributed by atoms with Crippen molar-refractivity contribution in [1.29, 1.82) is 0 Å². The summed E-state index contributed by atoms with van der Waals surface area (Å²) >= 11 is 0. The molecule has 0 heterocycles. The molecule has 88 valence electrons. The summed E-state index contributed by atoms with van der Waals surface area (Å²) in [5.74, 6) is 0.357. The Kier molecular flexibility index (Phi) is 3.90. The van der Waals surface area contributed by atoms with E-state index in [9.17, 15) is 4.79 Å². The third-order valence-corrected chi connectivity index (χ3v) is 3.53. The van der Waals surface area contributed by atoms with E-state index in [0.29, 0.717) is 12.2 Å². The molecule has 0 aromatic carbocycles. The standard InChI is InChI=1S/C15H22O/c1-6-11(2)7-9-13-12(3)8-10-14(16)15(13,4)5/h6-7,9H,8,10H2,1-5H3/b9-7+,11-6?. The lowest BCUT2D eigenvalue weighted by molar-refractivity contribution is -0.125. The Balaban J connectivity index is 3.08. The molecule has 1 nitrogen and oxygen atoms in total. The summed E-state index contributed by atoms with van der Waals surface area (Å²) in [5, 5.41) is 0. The molecule has 0 spiro atoms. The zero-order valence-corrected chi connectivity index (χ0v) is 11.1. The van der Waals surface area contributed by atoms with Crippen LogP contribution in [0.25, 0.3) is 0 Å². The molecule has 0 aromatic heterocycles. The van der Waals surface area contributed by atoms with Crippen LogP contribution in [0.15, 0.2) is 34.9 Å². The van der Waals surface area contributed by atoms with Crippen LogP contribution in [0, 0.1) is 5.41 Å². The van der Waals surface area contributed by atoms with Gasteiger partial charge in [0.15, 0.2) is 0 Å². The highest BCUT2D eigenvalue weighted by Crippen LogP contribution is 2.38. The first-order valence-electron chi connectivity index (χ1n) is 5.94. The monoisotopic (exact) mass is 218 g/mol. The second-order valence-electron chi connectivity index (χ2n) is 5.11. The van der Waals surface area contributed by atoms with E-state index in [1.54, 1.807) is 0 Å². The maximum atomic E-state index is 11.9. The maximum Gasteiger partial charge on any atom is 0.143 e. The van der Waals surface area contributed by atoms with Gasteiger partial charge in [0.1, 0.15) is 5.78 Å². The summed E-state index contributed by atoms with van der Waals surface area (Å²) in [6, 6.07) is 0. The molecule has 0 amide bonds. The number of hydrogen-bond donors (Lipinski definition) is 0. The van der Waals surface area contributed by atoms with Crippen molar-refractivity contribution in [3.8, 4) is 0 Å². The average Bonchev–Trinajstić information content (AvgIpc) is 2.23. The molecule has 1 aliphatic rings. The van der Waals surface area contributed by atoms with E-state index in [2.05, 4.69) is 32.1 Å². The fraction of sp³-hybridized carbons (Fsp3) is 0.533. The normalized spacial score (nSPS) is 22.1. The van der Waals surface area contributed by atoms with Gasteiger partial charge >= 0.3 is 0 Å². The number of hydrogen-bond acceptors (Lipinski definition) is 1. The van der Waals surface area contributed by atoms with Gasteiger partial charge in [-0.3, -0.25) is 4.79 Å². The molecule has 0 N–H and O–H groups in total. The van der Waals surface area contributed by atoms with Crippen LogP contribution in [0.5, 0.6) is 0 Å². The summed E-state index contributed by atoms with van der Waals surface area (Å²) in [5.41, 5.74) is 3.47. The van der Waals surface area contributed by atoms with E-state index in [1.807, 2.05) is 20.8 Å². The molecule has 0 unspecified atom stereocenters. The Labute approximate surface area is 98.9 Å². The number of carbonyl (C=O) groups is 1. The van der Waals surface area contributed by atoms with Crippen LogP contribution < -0.4 is 0 Å². The number of allylic oxidation sites excluding steroid dienone is 6. The summed E-state index contributed by atoms with van der Waals surface area (Å²) in [7, 11) is 0. The molecule has 0 atom stereocenters. The molecule has 1 heteroatoms. The van der Waals surface area contributed by atoms with Crippen molar-refractivity contribution in [3.05, 3.63) is 34.9 Å². The molecule has 0 saturated carbocycles. The number of carbonyl (C=O) groups excluding carboxylic acids is 1. The minimum atomic E-state index is -0.313. The highest BCUT2D eigenvalue weighted by atomic mass is 16.1. The van der Waals surface area contributed by atoms with Gasteiger partial charge in [-0.15, -0.1) is 0 Å². The first-order chi connectivity index (χ1) is 7.39. The van der Waals surface area contributed by atoms with Gasteiger partial charge in [0.25, 0.3) is 0 Å². The molecule has 0 aromatic rings. The summed E-state index contributed by atoms with van der Waals surface area (Å²) < 4.78 is 0. The lowest BCUT2D eigenvalue weighted by atomic mass is 9.71. The van der Waals surface area contributed by atoms with Crippen LogP contribution in [-0.2, 0) is 4.79 Å². The first-order valence-corrected chi connectivity index (χ1v) is 5.94. The van der Waals surface area contributed by atoms with E-state index in [1.165, 1.54) is 16.7 Å². The Morgan fingerprint density at radius 2 is 1.94 bits per heavy atom. The van der Waals surface area contributed by atoms with Gasteiger partial charge in [0, 0.05) is 11.8 Å². The van der Waals surface area contributed by atoms with Gasteiger partial charge in [0.2, 0.25) is 0 Å². The number of Topliss-reactive ketones (excluding diaryl/α,β-unsaturated/α-hetero) is 1. The van der Waals surface area contributed by atoms with E-state index < -0.39 is 0 Å². The third kappa shape index (κ3) is 2.52. The van der Waals surface area contributed by atoms with E-state index in [-0.39, 0.29) is 5.41 Å². The van der Waals surface area contributed by atoms with Crippen molar-refractivity contribution in [1.82, 2.24) is 0 Å². The third-order valence-electron chi connectivity index (χ3n) is 3.53. The van der Waals surface area contributed by atoms with Crippen LogP contribution >= 0.6 is 0 Å². The SMILES string of the molecule is CC=C(C)/C=C/C1=C(C)CCC(=O)C1(C)C. The molecule has 0 radical (unpaired) electrons. The fourth-order valence-corrected chi connectivity index (χ4v) is 2.09. The van der Waals surface area contributed by atoms with Crippen molar-refractivity contribution < 1.29 is 4.79 Å². The van der Waals surface area contributed by atoms with Crippen LogP contribution in [0.1, 0.15) is 47.5 Å². The lowest BCUT2D eigenvalue weighted by Crippen LogP contribution is -2.30. The van der Waals surface area contributed by atoms with Crippen LogP contribution in [0.3, 0.4) is 0 Å². The largest absolute Gasteiger partial charge is 0.299 e. The number of ketones is 1. The van der Waals surface area contributed by atoms with Gasteiger partial charge in [-0.2, -0.15) is 0 Å². The molecule has 0 aliphatic heterocycles. The van der Waals surface area contributed by atoms with Gasteiger partial charge in [-0.1, -0.05) is 29.4 Å². The van der Waals surface area contributed by atoms with Crippen molar-refractivity contribution in [2.45, 2.75) is 47.5 Å². The first kappa shape index (κ1) is 13.0. The van der Waals surface area contributed by atoms with Crippen molar-refractivity contribution >= 4 is 5.78 Å². The minimum absolute atomic E-state index is 0.313. The van der Waals surface area contributed by atoms with E-state index in [0.717, 1.165) is 6.42 Å². The zero-order chi connectivity index (χ0) is 12.3. The van der Waals surface area contributed by atoms with Gasteiger partial charge in [0.05, 0.1) is 0 Å². The second kappa shape index (κ2) is 4.82.